The molecule has 0 aliphatic carbocycles. The Morgan fingerprint density at radius 3 is 2.26 bits per heavy atom. The van der Waals surface area contributed by atoms with E-state index in [9.17, 15) is 4.79 Å². The summed E-state index contributed by atoms with van der Waals surface area (Å²) in [5.41, 5.74) is 8.24. The first-order chi connectivity index (χ1) is 8.82. The van der Waals surface area contributed by atoms with Gasteiger partial charge in [0.05, 0.1) is 11.4 Å². The lowest BCUT2D eigenvalue weighted by molar-refractivity contribution is 0.0827. The van der Waals surface area contributed by atoms with E-state index < -0.39 is 0 Å². The zero-order valence-electron chi connectivity index (χ0n) is 12.5. The summed E-state index contributed by atoms with van der Waals surface area (Å²) in [4.78, 5) is 17.7. The van der Waals surface area contributed by atoms with E-state index in [1.165, 1.54) is 0 Å². The summed E-state index contributed by atoms with van der Waals surface area (Å²) >= 11 is 0. The molecule has 0 spiro atoms. The largest absolute Gasteiger partial charge is 0.397 e. The van der Waals surface area contributed by atoms with E-state index in [2.05, 4.69) is 9.80 Å². The van der Waals surface area contributed by atoms with Crippen molar-refractivity contribution < 1.29 is 4.79 Å². The monoisotopic (exact) mass is 264 g/mol. The third-order valence-electron chi connectivity index (χ3n) is 2.98. The zero-order valence-corrected chi connectivity index (χ0v) is 12.5. The van der Waals surface area contributed by atoms with Gasteiger partial charge in [-0.15, -0.1) is 0 Å². The summed E-state index contributed by atoms with van der Waals surface area (Å²) in [5.74, 6) is -0.0118. The van der Waals surface area contributed by atoms with Gasteiger partial charge in [0.25, 0.3) is 5.91 Å². The lowest BCUT2D eigenvalue weighted by Crippen LogP contribution is -2.29. The van der Waals surface area contributed by atoms with Crippen molar-refractivity contribution in [3.05, 3.63) is 23.8 Å². The Balaban J connectivity index is 2.93. The number of benzene rings is 1. The van der Waals surface area contributed by atoms with Crippen LogP contribution in [0.1, 0.15) is 10.4 Å². The molecule has 1 rings (SSSR count). The number of nitrogens with two attached hydrogens (primary N) is 1. The van der Waals surface area contributed by atoms with Crippen LogP contribution in [-0.2, 0) is 0 Å². The molecule has 0 fully saturated rings. The highest BCUT2D eigenvalue weighted by Gasteiger charge is 2.12. The standard InChI is InChI=1S/C14H24N4O/c1-16(2)8-9-18(5)13-10-11(6-7-12(13)15)14(19)17(3)4/h6-7,10H,8-9,15H2,1-5H3. The van der Waals surface area contributed by atoms with Crippen molar-refractivity contribution in [2.75, 3.05) is 59.0 Å². The smallest absolute Gasteiger partial charge is 0.253 e. The molecule has 5 nitrogen and oxygen atoms in total. The topological polar surface area (TPSA) is 52.8 Å². The van der Waals surface area contributed by atoms with Crippen molar-refractivity contribution in [2.45, 2.75) is 0 Å². The minimum atomic E-state index is -0.0118. The summed E-state index contributed by atoms with van der Waals surface area (Å²) < 4.78 is 0. The van der Waals surface area contributed by atoms with Gasteiger partial charge in [-0.25, -0.2) is 0 Å². The molecule has 19 heavy (non-hydrogen) atoms. The van der Waals surface area contributed by atoms with Crippen LogP contribution in [0.15, 0.2) is 18.2 Å². The maximum absolute atomic E-state index is 12.0. The Labute approximate surface area is 115 Å². The van der Waals surface area contributed by atoms with Crippen molar-refractivity contribution in [3.8, 4) is 0 Å². The lowest BCUT2D eigenvalue weighted by Gasteiger charge is -2.24. The van der Waals surface area contributed by atoms with E-state index in [4.69, 9.17) is 5.73 Å². The SMILES string of the molecule is CN(C)CCN(C)c1cc(C(=O)N(C)C)ccc1N. The first-order valence-corrected chi connectivity index (χ1v) is 6.30. The van der Waals surface area contributed by atoms with Gasteiger partial charge in [0.15, 0.2) is 0 Å². The maximum Gasteiger partial charge on any atom is 0.253 e. The number of amides is 1. The molecule has 1 aromatic rings. The molecule has 0 aromatic heterocycles. The quantitative estimate of drug-likeness (QED) is 0.805. The highest BCUT2D eigenvalue weighted by atomic mass is 16.2. The van der Waals surface area contributed by atoms with E-state index in [0.29, 0.717) is 11.3 Å². The highest BCUT2D eigenvalue weighted by molar-refractivity contribution is 5.96. The first-order valence-electron chi connectivity index (χ1n) is 6.30. The summed E-state index contributed by atoms with van der Waals surface area (Å²) in [6, 6.07) is 5.41. The van der Waals surface area contributed by atoms with Crippen molar-refractivity contribution in [1.29, 1.82) is 0 Å². The van der Waals surface area contributed by atoms with Crippen LogP contribution >= 0.6 is 0 Å². The Hall–Kier alpha value is -1.75. The van der Waals surface area contributed by atoms with Crippen molar-refractivity contribution >= 4 is 17.3 Å². The minimum Gasteiger partial charge on any atom is -0.397 e. The predicted octanol–water partition coefficient (Wildman–Crippen LogP) is 0.968. The minimum absolute atomic E-state index is 0.0118. The predicted molar refractivity (Wildman–Crippen MR) is 80.7 cm³/mol. The Morgan fingerprint density at radius 2 is 1.74 bits per heavy atom. The second kappa shape index (κ2) is 6.43. The Kier molecular flexibility index (Phi) is 5.18. The first kappa shape index (κ1) is 15.3. The van der Waals surface area contributed by atoms with Crippen LogP contribution in [0.2, 0.25) is 0 Å². The molecule has 106 valence electrons. The van der Waals surface area contributed by atoms with Gasteiger partial charge in [-0.1, -0.05) is 0 Å². The number of anilines is 2. The fourth-order valence-electron chi connectivity index (χ4n) is 1.74. The second-order valence-corrected chi connectivity index (χ2v) is 5.20. The number of likely N-dealkylation sites (N-methyl/N-ethyl adjacent to an activating group) is 2. The normalized spacial score (nSPS) is 10.6. The van der Waals surface area contributed by atoms with E-state index in [1.807, 2.05) is 27.2 Å². The van der Waals surface area contributed by atoms with Crippen LogP contribution in [0.4, 0.5) is 11.4 Å². The highest BCUT2D eigenvalue weighted by Crippen LogP contribution is 2.24. The van der Waals surface area contributed by atoms with Crippen LogP contribution in [0.25, 0.3) is 0 Å². The van der Waals surface area contributed by atoms with Crippen LogP contribution < -0.4 is 10.6 Å². The van der Waals surface area contributed by atoms with Gasteiger partial charge in [-0.05, 0) is 32.3 Å². The molecular formula is C14H24N4O. The Morgan fingerprint density at radius 1 is 1.11 bits per heavy atom. The van der Waals surface area contributed by atoms with Crippen LogP contribution in [-0.4, -0.2) is 64.0 Å². The third-order valence-corrected chi connectivity index (χ3v) is 2.98. The molecule has 0 saturated carbocycles. The molecule has 0 saturated heterocycles. The number of carbonyl (C=O) groups excluding carboxylic acids is 1. The molecule has 0 heterocycles. The molecule has 2 N–H and O–H groups in total. The molecule has 1 amide bonds. The number of hydrogen-bond acceptors (Lipinski definition) is 4. The summed E-state index contributed by atoms with van der Waals surface area (Å²) in [7, 11) is 9.54. The summed E-state index contributed by atoms with van der Waals surface area (Å²) in [5, 5.41) is 0. The van der Waals surface area contributed by atoms with E-state index in [1.54, 1.807) is 31.1 Å². The number of nitrogens with zero attached hydrogens (tertiary/aromatic N) is 3. The molecule has 0 aliphatic heterocycles. The maximum atomic E-state index is 12.0. The number of nitrogen functional groups attached to an aromatic ring is 1. The summed E-state index contributed by atoms with van der Waals surface area (Å²) in [6.07, 6.45) is 0. The van der Waals surface area contributed by atoms with Gasteiger partial charge in [-0.3, -0.25) is 4.79 Å². The van der Waals surface area contributed by atoms with Crippen LogP contribution in [0.3, 0.4) is 0 Å². The molecular weight excluding hydrogens is 240 g/mol. The van der Waals surface area contributed by atoms with Gasteiger partial charge >= 0.3 is 0 Å². The van der Waals surface area contributed by atoms with Crippen molar-refractivity contribution in [2.24, 2.45) is 0 Å². The fourth-order valence-corrected chi connectivity index (χ4v) is 1.74. The van der Waals surface area contributed by atoms with Gasteiger partial charge in [0.1, 0.15) is 0 Å². The van der Waals surface area contributed by atoms with Gasteiger partial charge in [0, 0.05) is 39.8 Å². The van der Waals surface area contributed by atoms with Crippen LogP contribution in [0, 0.1) is 0 Å². The average molecular weight is 264 g/mol. The van der Waals surface area contributed by atoms with Gasteiger partial charge < -0.3 is 20.4 Å². The second-order valence-electron chi connectivity index (χ2n) is 5.20. The molecule has 0 atom stereocenters. The molecule has 1 aromatic carbocycles. The zero-order chi connectivity index (χ0) is 14.6. The van der Waals surface area contributed by atoms with E-state index in [0.717, 1.165) is 18.8 Å². The van der Waals surface area contributed by atoms with Crippen molar-refractivity contribution in [3.63, 3.8) is 0 Å². The summed E-state index contributed by atoms with van der Waals surface area (Å²) in [6.45, 7) is 1.79. The lowest BCUT2D eigenvalue weighted by atomic mass is 10.1. The van der Waals surface area contributed by atoms with Crippen molar-refractivity contribution in [1.82, 2.24) is 9.80 Å². The van der Waals surface area contributed by atoms with Gasteiger partial charge in [-0.2, -0.15) is 0 Å². The third kappa shape index (κ3) is 4.13. The molecule has 0 radical (unpaired) electrons. The van der Waals surface area contributed by atoms with E-state index in [-0.39, 0.29) is 5.91 Å². The van der Waals surface area contributed by atoms with Crippen LogP contribution in [0.5, 0.6) is 0 Å². The molecule has 0 unspecified atom stereocenters. The number of hydrogen-bond donors (Lipinski definition) is 1. The molecule has 0 bridgehead atoms. The molecule has 5 heteroatoms. The number of carbonyl (C=O) groups is 1. The van der Waals surface area contributed by atoms with E-state index >= 15 is 0 Å². The Bertz CT molecular complexity index is 443. The van der Waals surface area contributed by atoms with Gasteiger partial charge in [0.2, 0.25) is 0 Å². The average Bonchev–Trinajstić information content (AvgIpc) is 2.35. The fraction of sp³-hybridized carbons (Fsp3) is 0.500. The number of rotatable bonds is 5. The molecule has 0 aliphatic rings.